The summed E-state index contributed by atoms with van der Waals surface area (Å²) in [5, 5.41) is 0. The predicted octanol–water partition coefficient (Wildman–Crippen LogP) is 5.55. The van der Waals surface area contributed by atoms with E-state index in [2.05, 4.69) is 27.7 Å². The summed E-state index contributed by atoms with van der Waals surface area (Å²) in [6.07, 6.45) is 8.56. The molecule has 0 aromatic heterocycles. The Kier molecular flexibility index (Phi) is 17.3. The number of phosphoric ester groups is 1. The first-order valence-corrected chi connectivity index (χ1v) is 10.1. The van der Waals surface area contributed by atoms with Crippen LogP contribution in [0.5, 0.6) is 0 Å². The van der Waals surface area contributed by atoms with Gasteiger partial charge in [-0.1, -0.05) is 66.2 Å². The molecule has 130 valence electrons. The van der Waals surface area contributed by atoms with E-state index in [1.807, 2.05) is 0 Å². The Morgan fingerprint density at radius 1 is 0.864 bits per heavy atom. The zero-order chi connectivity index (χ0) is 16.1. The second-order valence-corrected chi connectivity index (χ2v) is 7.35. The molecule has 0 aliphatic rings. The summed E-state index contributed by atoms with van der Waals surface area (Å²) in [5.74, 6) is 0.687. The van der Waals surface area contributed by atoms with E-state index in [0.29, 0.717) is 25.0 Å². The maximum atomic E-state index is 11.9. The third-order valence-electron chi connectivity index (χ3n) is 4.03. The minimum Gasteiger partial charge on any atom is -0.302 e. The van der Waals surface area contributed by atoms with Crippen molar-refractivity contribution in [2.24, 2.45) is 11.8 Å². The average molecular weight is 388 g/mol. The van der Waals surface area contributed by atoms with E-state index in [1.54, 1.807) is 0 Å². The van der Waals surface area contributed by atoms with Crippen LogP contribution in [0.2, 0.25) is 0 Å². The van der Waals surface area contributed by atoms with Crippen LogP contribution in [0.25, 0.3) is 0 Å². The molecular weight excluding hydrogens is 353 g/mol. The molecule has 0 bridgehead atoms. The fourth-order valence-electron chi connectivity index (χ4n) is 2.23. The summed E-state index contributed by atoms with van der Waals surface area (Å²) in [6.45, 7) is 9.10. The van der Waals surface area contributed by atoms with Crippen molar-refractivity contribution in [2.45, 2.75) is 79.1 Å². The van der Waals surface area contributed by atoms with Crippen molar-refractivity contribution in [3.05, 3.63) is 0 Å². The number of unbranched alkanes of at least 4 members (excludes halogenated alkanes) is 2. The quantitative estimate of drug-likeness (QED) is 0.313. The maximum Gasteiger partial charge on any atom is 0.472 e. The van der Waals surface area contributed by atoms with Crippen LogP contribution >= 0.6 is 7.82 Å². The SMILES string of the molecule is CCCCC(CC)COP(=O)(O)OCC(CC)CCCC.[Zn]. The van der Waals surface area contributed by atoms with Crippen LogP contribution in [0, 0.1) is 11.8 Å². The maximum absolute atomic E-state index is 11.9. The number of hydrogen-bond acceptors (Lipinski definition) is 3. The first-order valence-electron chi connectivity index (χ1n) is 8.60. The normalized spacial score (nSPS) is 16.6. The number of phosphoric acid groups is 1. The van der Waals surface area contributed by atoms with Gasteiger partial charge in [-0.05, 0) is 24.7 Å². The first-order chi connectivity index (χ1) is 9.99. The Morgan fingerprint density at radius 2 is 1.23 bits per heavy atom. The van der Waals surface area contributed by atoms with E-state index in [1.165, 1.54) is 0 Å². The van der Waals surface area contributed by atoms with E-state index in [0.717, 1.165) is 51.4 Å². The summed E-state index contributed by atoms with van der Waals surface area (Å²) in [6, 6.07) is 0. The van der Waals surface area contributed by atoms with E-state index >= 15 is 0 Å². The van der Waals surface area contributed by atoms with Crippen molar-refractivity contribution >= 4 is 7.82 Å². The molecule has 2 atom stereocenters. The molecule has 0 aliphatic carbocycles. The van der Waals surface area contributed by atoms with Gasteiger partial charge < -0.3 is 4.89 Å². The van der Waals surface area contributed by atoms with Gasteiger partial charge in [-0.15, -0.1) is 0 Å². The molecule has 0 rings (SSSR count). The Hall–Kier alpha value is 0.733. The Morgan fingerprint density at radius 3 is 1.50 bits per heavy atom. The van der Waals surface area contributed by atoms with Crippen LogP contribution in [0.3, 0.4) is 0 Å². The first kappa shape index (κ1) is 25.0. The molecule has 0 saturated carbocycles. The molecule has 0 heterocycles. The minimum absolute atomic E-state index is 0. The third kappa shape index (κ3) is 13.2. The van der Waals surface area contributed by atoms with Gasteiger partial charge in [-0.3, -0.25) is 9.05 Å². The molecule has 2 unspecified atom stereocenters. The molecule has 0 aromatic rings. The fraction of sp³-hybridized carbons (Fsp3) is 1.00. The van der Waals surface area contributed by atoms with E-state index in [-0.39, 0.29) is 19.5 Å². The van der Waals surface area contributed by atoms with Crippen LogP contribution in [0.15, 0.2) is 0 Å². The van der Waals surface area contributed by atoms with Crippen LogP contribution in [0.1, 0.15) is 79.1 Å². The zero-order valence-electron chi connectivity index (χ0n) is 15.1. The van der Waals surface area contributed by atoms with Crippen LogP contribution in [-0.2, 0) is 33.1 Å². The molecule has 0 saturated heterocycles. The van der Waals surface area contributed by atoms with Crippen molar-refractivity contribution in [3.8, 4) is 0 Å². The summed E-state index contributed by atoms with van der Waals surface area (Å²) in [7, 11) is -3.89. The smallest absolute Gasteiger partial charge is 0.302 e. The molecule has 0 spiro atoms. The van der Waals surface area contributed by atoms with Gasteiger partial charge in [0.1, 0.15) is 0 Å². The summed E-state index contributed by atoms with van der Waals surface area (Å²) >= 11 is 0. The molecule has 1 N–H and O–H groups in total. The van der Waals surface area contributed by atoms with E-state index in [9.17, 15) is 9.46 Å². The second-order valence-electron chi connectivity index (χ2n) is 5.89. The van der Waals surface area contributed by atoms with Crippen molar-refractivity contribution in [2.75, 3.05) is 13.2 Å². The molecule has 0 aromatic carbocycles. The Balaban J connectivity index is 0. The van der Waals surface area contributed by atoms with Gasteiger partial charge in [-0.2, -0.15) is 0 Å². The molecule has 22 heavy (non-hydrogen) atoms. The zero-order valence-corrected chi connectivity index (χ0v) is 18.9. The van der Waals surface area contributed by atoms with Crippen LogP contribution in [-0.4, -0.2) is 18.1 Å². The van der Waals surface area contributed by atoms with Gasteiger partial charge in [-0.25, -0.2) is 4.57 Å². The van der Waals surface area contributed by atoms with Gasteiger partial charge in [0.05, 0.1) is 13.2 Å². The van der Waals surface area contributed by atoms with Crippen molar-refractivity contribution in [1.82, 2.24) is 0 Å². The molecule has 4 nitrogen and oxygen atoms in total. The van der Waals surface area contributed by atoms with Crippen molar-refractivity contribution < 1.29 is 38.0 Å². The second kappa shape index (κ2) is 15.3. The topological polar surface area (TPSA) is 55.8 Å². The van der Waals surface area contributed by atoms with Gasteiger partial charge in [0.2, 0.25) is 0 Å². The molecule has 0 fully saturated rings. The van der Waals surface area contributed by atoms with Crippen molar-refractivity contribution in [1.29, 1.82) is 0 Å². The van der Waals surface area contributed by atoms with Gasteiger partial charge >= 0.3 is 7.82 Å². The van der Waals surface area contributed by atoms with Gasteiger partial charge in [0, 0.05) is 19.5 Å². The van der Waals surface area contributed by atoms with Crippen molar-refractivity contribution in [3.63, 3.8) is 0 Å². The molecule has 0 amide bonds. The Labute approximate surface area is 150 Å². The standard InChI is InChI=1S/C16H35O4P.Zn/c1-5-9-11-15(7-3)13-19-21(17,18)20-14-16(8-4)12-10-6-2;/h15-16H,5-14H2,1-4H3,(H,17,18);. The molecule has 0 aliphatic heterocycles. The fourth-order valence-corrected chi connectivity index (χ4v) is 3.11. The van der Waals surface area contributed by atoms with Gasteiger partial charge in [0.25, 0.3) is 0 Å². The largest absolute Gasteiger partial charge is 0.472 e. The minimum atomic E-state index is -3.89. The van der Waals surface area contributed by atoms with Crippen LogP contribution < -0.4 is 0 Å². The van der Waals surface area contributed by atoms with Gasteiger partial charge in [0.15, 0.2) is 0 Å². The molecular formula is C16H35O4PZn. The Bertz CT molecular complexity index is 265. The molecule has 0 radical (unpaired) electrons. The summed E-state index contributed by atoms with van der Waals surface area (Å²) in [5.41, 5.74) is 0. The molecule has 6 heteroatoms. The van der Waals surface area contributed by atoms with E-state index in [4.69, 9.17) is 9.05 Å². The summed E-state index contributed by atoms with van der Waals surface area (Å²) < 4.78 is 22.2. The monoisotopic (exact) mass is 386 g/mol. The predicted molar refractivity (Wildman–Crippen MR) is 88.3 cm³/mol. The third-order valence-corrected chi connectivity index (χ3v) is 4.98. The average Bonchev–Trinajstić information content (AvgIpc) is 2.47. The number of rotatable bonds is 14. The van der Waals surface area contributed by atoms with Crippen LogP contribution in [0.4, 0.5) is 0 Å². The summed E-state index contributed by atoms with van der Waals surface area (Å²) in [4.78, 5) is 9.77. The number of hydrogen-bond donors (Lipinski definition) is 1. The van der Waals surface area contributed by atoms with E-state index < -0.39 is 7.82 Å².